The van der Waals surface area contributed by atoms with E-state index in [9.17, 15) is 0 Å². The highest BCUT2D eigenvalue weighted by molar-refractivity contribution is 5.06. The highest BCUT2D eigenvalue weighted by atomic mass is 16.5. The van der Waals surface area contributed by atoms with Gasteiger partial charge in [-0.05, 0) is 20.0 Å². The van der Waals surface area contributed by atoms with Gasteiger partial charge in [-0.3, -0.25) is 4.68 Å². The zero-order valence-corrected chi connectivity index (χ0v) is 8.10. The first kappa shape index (κ1) is 8.56. The van der Waals surface area contributed by atoms with Gasteiger partial charge in [-0.15, -0.1) is 5.10 Å². The van der Waals surface area contributed by atoms with Crippen molar-refractivity contribution in [2.45, 2.75) is 12.5 Å². The Labute approximate surface area is 78.1 Å². The minimum atomic E-state index is 0.522. The van der Waals surface area contributed by atoms with E-state index in [4.69, 9.17) is 4.74 Å². The number of likely N-dealkylation sites (N-methyl/N-ethyl adjacent to an activating group) is 1. The molecule has 0 bridgehead atoms. The van der Waals surface area contributed by atoms with Crippen molar-refractivity contribution in [1.29, 1.82) is 0 Å². The Hall–Kier alpha value is -1.03. The van der Waals surface area contributed by atoms with Crippen LogP contribution in [0.5, 0.6) is 5.88 Å². The second-order valence-corrected chi connectivity index (χ2v) is 3.54. The maximum absolute atomic E-state index is 5.04. The number of hydrogen-bond donors (Lipinski definition) is 0. The molecule has 72 valence electrons. The van der Waals surface area contributed by atoms with Crippen LogP contribution in [0.2, 0.25) is 0 Å². The van der Waals surface area contributed by atoms with Crippen molar-refractivity contribution < 1.29 is 4.74 Å². The summed E-state index contributed by atoms with van der Waals surface area (Å²) >= 11 is 0. The molecule has 1 aliphatic rings. The molecule has 1 atom stereocenters. The summed E-state index contributed by atoms with van der Waals surface area (Å²) in [7, 11) is 3.79. The van der Waals surface area contributed by atoms with Gasteiger partial charge in [-0.2, -0.15) is 0 Å². The normalized spacial score (nSPS) is 23.7. The fraction of sp³-hybridized carbons (Fsp3) is 0.667. The van der Waals surface area contributed by atoms with Gasteiger partial charge in [0.05, 0.1) is 13.2 Å². The molecule has 0 aromatic carbocycles. The quantitative estimate of drug-likeness (QED) is 0.675. The van der Waals surface area contributed by atoms with Crippen molar-refractivity contribution in [2.24, 2.45) is 0 Å². The van der Waals surface area contributed by atoms with E-state index in [-0.39, 0.29) is 0 Å². The number of rotatable bonds is 2. The van der Waals surface area contributed by atoms with Crippen LogP contribution < -0.4 is 4.74 Å². The molecule has 4 heteroatoms. The van der Waals surface area contributed by atoms with Gasteiger partial charge < -0.3 is 9.64 Å². The molecule has 4 nitrogen and oxygen atoms in total. The average molecular weight is 181 g/mol. The molecule has 1 aliphatic heterocycles. The van der Waals surface area contributed by atoms with Crippen LogP contribution in [0.1, 0.15) is 12.5 Å². The summed E-state index contributed by atoms with van der Waals surface area (Å²) in [6, 6.07) is 2.42. The number of likely N-dealkylation sites (tertiary alicyclic amines) is 1. The molecule has 0 aliphatic carbocycles. The van der Waals surface area contributed by atoms with Gasteiger partial charge >= 0.3 is 0 Å². The van der Waals surface area contributed by atoms with E-state index >= 15 is 0 Å². The molecule has 0 amide bonds. The van der Waals surface area contributed by atoms with Gasteiger partial charge in [-0.25, -0.2) is 0 Å². The third-order valence-electron chi connectivity index (χ3n) is 2.53. The van der Waals surface area contributed by atoms with E-state index in [2.05, 4.69) is 17.0 Å². The van der Waals surface area contributed by atoms with Crippen LogP contribution in [0, 0.1) is 0 Å². The van der Waals surface area contributed by atoms with Crippen LogP contribution in [0.4, 0.5) is 0 Å². The number of ether oxygens (including phenoxy) is 1. The standard InChI is InChI=1S/C9H15N3O/c1-11-5-3-8(7-11)12-6-4-9(10-12)13-2/h4,6,8H,3,5,7H2,1-2H3/t8-/m0/s1. The molecule has 0 N–H and O–H groups in total. The topological polar surface area (TPSA) is 30.3 Å². The van der Waals surface area contributed by atoms with E-state index < -0.39 is 0 Å². The lowest BCUT2D eigenvalue weighted by Crippen LogP contribution is -2.16. The fourth-order valence-electron chi connectivity index (χ4n) is 1.76. The third-order valence-corrected chi connectivity index (χ3v) is 2.53. The first-order chi connectivity index (χ1) is 6.29. The van der Waals surface area contributed by atoms with Gasteiger partial charge in [0.2, 0.25) is 5.88 Å². The Morgan fingerprint density at radius 3 is 3.00 bits per heavy atom. The second kappa shape index (κ2) is 3.38. The first-order valence-electron chi connectivity index (χ1n) is 4.57. The molecule has 0 saturated carbocycles. The van der Waals surface area contributed by atoms with Crippen LogP contribution in [0.3, 0.4) is 0 Å². The van der Waals surface area contributed by atoms with E-state index in [0.29, 0.717) is 11.9 Å². The van der Waals surface area contributed by atoms with Gasteiger partial charge in [0.15, 0.2) is 0 Å². The second-order valence-electron chi connectivity index (χ2n) is 3.54. The maximum atomic E-state index is 5.04. The van der Waals surface area contributed by atoms with Crippen LogP contribution in [-0.4, -0.2) is 41.9 Å². The van der Waals surface area contributed by atoms with E-state index in [0.717, 1.165) is 13.1 Å². The lowest BCUT2D eigenvalue weighted by Gasteiger charge is -2.10. The summed E-state index contributed by atoms with van der Waals surface area (Å²) in [6.07, 6.45) is 3.17. The summed E-state index contributed by atoms with van der Waals surface area (Å²) in [5, 5.41) is 4.31. The monoisotopic (exact) mass is 181 g/mol. The minimum absolute atomic E-state index is 0.522. The molecular weight excluding hydrogens is 166 g/mol. The Bertz CT molecular complexity index is 284. The Morgan fingerprint density at radius 1 is 1.62 bits per heavy atom. The summed E-state index contributed by atoms with van der Waals surface area (Å²) in [5.41, 5.74) is 0. The van der Waals surface area contributed by atoms with Crippen molar-refractivity contribution in [3.05, 3.63) is 12.3 Å². The maximum Gasteiger partial charge on any atom is 0.232 e. The molecule has 1 fully saturated rings. The third kappa shape index (κ3) is 1.67. The average Bonchev–Trinajstić information content (AvgIpc) is 2.71. The summed E-state index contributed by atoms with van der Waals surface area (Å²) in [5.74, 6) is 0.703. The summed E-state index contributed by atoms with van der Waals surface area (Å²) in [4.78, 5) is 2.32. The SMILES string of the molecule is COc1ccn([C@H]2CCN(C)C2)n1. The Balaban J connectivity index is 2.08. The van der Waals surface area contributed by atoms with Crippen molar-refractivity contribution in [2.75, 3.05) is 27.2 Å². The molecular formula is C9H15N3O. The van der Waals surface area contributed by atoms with Crippen molar-refractivity contribution in [1.82, 2.24) is 14.7 Å². The van der Waals surface area contributed by atoms with Gasteiger partial charge in [0, 0.05) is 18.8 Å². The first-order valence-corrected chi connectivity index (χ1v) is 4.57. The zero-order chi connectivity index (χ0) is 9.26. The van der Waals surface area contributed by atoms with Crippen LogP contribution in [-0.2, 0) is 0 Å². The molecule has 1 aromatic heterocycles. The molecule has 1 aromatic rings. The number of hydrogen-bond acceptors (Lipinski definition) is 3. The molecule has 1 saturated heterocycles. The predicted octanol–water partition coefficient (Wildman–Crippen LogP) is 0.768. The smallest absolute Gasteiger partial charge is 0.232 e. The van der Waals surface area contributed by atoms with Gasteiger partial charge in [0.25, 0.3) is 0 Å². The van der Waals surface area contributed by atoms with Crippen molar-refractivity contribution in [3.63, 3.8) is 0 Å². The minimum Gasteiger partial charge on any atom is -0.480 e. The van der Waals surface area contributed by atoms with Crippen LogP contribution in [0.25, 0.3) is 0 Å². The summed E-state index contributed by atoms with van der Waals surface area (Å²) < 4.78 is 7.04. The Kier molecular flexibility index (Phi) is 2.22. The van der Waals surface area contributed by atoms with Crippen LogP contribution in [0.15, 0.2) is 12.3 Å². The highest BCUT2D eigenvalue weighted by Gasteiger charge is 2.21. The Morgan fingerprint density at radius 2 is 2.46 bits per heavy atom. The molecule has 0 unspecified atom stereocenters. The van der Waals surface area contributed by atoms with Crippen LogP contribution >= 0.6 is 0 Å². The van der Waals surface area contributed by atoms with E-state index in [1.165, 1.54) is 6.42 Å². The van der Waals surface area contributed by atoms with Crippen molar-refractivity contribution in [3.8, 4) is 5.88 Å². The molecule has 13 heavy (non-hydrogen) atoms. The number of aromatic nitrogens is 2. The lowest BCUT2D eigenvalue weighted by molar-refractivity contribution is 0.361. The number of methoxy groups -OCH3 is 1. The highest BCUT2D eigenvalue weighted by Crippen LogP contribution is 2.20. The van der Waals surface area contributed by atoms with Gasteiger partial charge in [0.1, 0.15) is 0 Å². The number of nitrogens with zero attached hydrogens (tertiary/aromatic N) is 3. The molecule has 2 rings (SSSR count). The van der Waals surface area contributed by atoms with E-state index in [1.54, 1.807) is 7.11 Å². The van der Waals surface area contributed by atoms with Gasteiger partial charge in [-0.1, -0.05) is 0 Å². The zero-order valence-electron chi connectivity index (χ0n) is 8.10. The summed E-state index contributed by atoms with van der Waals surface area (Å²) in [6.45, 7) is 2.25. The molecule has 0 spiro atoms. The fourth-order valence-corrected chi connectivity index (χ4v) is 1.76. The molecule has 0 radical (unpaired) electrons. The molecule has 2 heterocycles. The lowest BCUT2D eigenvalue weighted by atomic mass is 10.3. The van der Waals surface area contributed by atoms with E-state index in [1.807, 2.05) is 16.9 Å². The predicted molar refractivity (Wildman–Crippen MR) is 49.9 cm³/mol. The van der Waals surface area contributed by atoms with Crippen molar-refractivity contribution >= 4 is 0 Å². The largest absolute Gasteiger partial charge is 0.480 e.